The minimum absolute atomic E-state index is 0.431. The lowest BCUT2D eigenvalue weighted by atomic mass is 9.66. The van der Waals surface area contributed by atoms with Crippen molar-refractivity contribution in [2.75, 3.05) is 14.2 Å². The summed E-state index contributed by atoms with van der Waals surface area (Å²) >= 11 is 21.9. The SMILES string of the molecule is CCCCCCc1ccc(C2(c3ccc(CCCCCC)cc3)c3cc(Br)ccc3-c3sc4c5c(sc4c32)-c2ccc(Br)cc2C5(c2ccc(CCCCCC)cc2)c2ccc(CCCCCC)cc2)cc1.COC(=O)c1c(-c2ccc(Br)cc2)sc2c(C(=O)OC)c(-c3ccc(Br)cc3)sc12. The number of aryl methyl sites for hydroxylation is 4. The van der Waals surface area contributed by atoms with Crippen molar-refractivity contribution in [2.45, 2.75) is 167 Å². The van der Waals surface area contributed by atoms with Crippen LogP contribution in [0.3, 0.4) is 0 Å². The van der Waals surface area contributed by atoms with E-state index in [1.165, 1.54) is 237 Å². The highest BCUT2D eigenvalue weighted by Gasteiger charge is 2.54. The molecule has 0 bridgehead atoms. The molecule has 0 N–H and O–H groups in total. The van der Waals surface area contributed by atoms with Crippen LogP contribution in [0.2, 0.25) is 0 Å². The van der Waals surface area contributed by atoms with Crippen LogP contribution in [-0.4, -0.2) is 26.2 Å². The van der Waals surface area contributed by atoms with Gasteiger partial charge >= 0.3 is 11.9 Å². The smallest absolute Gasteiger partial charge is 0.340 e. The Labute approximate surface area is 653 Å². The van der Waals surface area contributed by atoms with Crippen molar-refractivity contribution in [1.29, 1.82) is 0 Å². The first-order chi connectivity index (χ1) is 49.8. The summed E-state index contributed by atoms with van der Waals surface area (Å²) < 4.78 is 18.7. The molecule has 12 aromatic rings. The third-order valence-corrected chi connectivity index (χ3v) is 28.2. The highest BCUT2D eigenvalue weighted by Crippen LogP contribution is 2.69. The molecule has 0 spiro atoms. The first-order valence-corrected chi connectivity index (χ1v) is 43.1. The molecule has 0 saturated heterocycles. The summed E-state index contributed by atoms with van der Waals surface area (Å²) in [4.78, 5) is 29.9. The number of thiophene rings is 4. The van der Waals surface area contributed by atoms with Gasteiger partial charge in [-0.25, -0.2) is 9.59 Å². The fourth-order valence-corrected chi connectivity index (χ4v) is 22.9. The lowest BCUT2D eigenvalue weighted by Gasteiger charge is -2.35. The molecular weight excluding hydrogens is 1590 g/mol. The van der Waals surface area contributed by atoms with Gasteiger partial charge in [-0.2, -0.15) is 0 Å². The molecule has 0 radical (unpaired) electrons. The van der Waals surface area contributed by atoms with Crippen LogP contribution in [0, 0.1) is 0 Å². The Morgan fingerprint density at radius 2 is 0.598 bits per heavy atom. The topological polar surface area (TPSA) is 52.6 Å². The predicted octanol–water partition coefficient (Wildman–Crippen LogP) is 29.1. The van der Waals surface area contributed by atoms with E-state index in [-0.39, 0.29) is 0 Å². The number of hydrogen-bond acceptors (Lipinski definition) is 8. The van der Waals surface area contributed by atoms with Gasteiger partial charge in [0.15, 0.2) is 0 Å². The number of methoxy groups -OCH3 is 2. The Bertz CT molecular complexity index is 4480. The van der Waals surface area contributed by atoms with Crippen molar-refractivity contribution >= 4 is 140 Å². The highest BCUT2D eigenvalue weighted by atomic mass is 79.9. The van der Waals surface area contributed by atoms with E-state index in [4.69, 9.17) is 9.47 Å². The Kier molecular flexibility index (Phi) is 24.4. The van der Waals surface area contributed by atoms with Gasteiger partial charge in [0.2, 0.25) is 0 Å². The van der Waals surface area contributed by atoms with Gasteiger partial charge in [-0.1, -0.05) is 302 Å². The van der Waals surface area contributed by atoms with Gasteiger partial charge in [0.05, 0.1) is 64.7 Å². The second kappa shape index (κ2) is 33.6. The van der Waals surface area contributed by atoms with Gasteiger partial charge in [-0.3, -0.25) is 0 Å². The Hall–Kier alpha value is -6.06. The fourth-order valence-electron chi connectivity index (χ4n) is 15.7. The second-order valence-electron chi connectivity index (χ2n) is 27.4. The van der Waals surface area contributed by atoms with E-state index in [0.717, 1.165) is 73.9 Å². The number of esters is 2. The molecule has 0 fully saturated rings. The van der Waals surface area contributed by atoms with E-state index >= 15 is 0 Å². The number of rotatable bonds is 28. The van der Waals surface area contributed by atoms with Crippen molar-refractivity contribution in [3.05, 3.63) is 278 Å². The minimum atomic E-state index is -0.503. The largest absolute Gasteiger partial charge is 0.465 e. The van der Waals surface area contributed by atoms with Crippen LogP contribution in [0.25, 0.3) is 60.6 Å². The van der Waals surface area contributed by atoms with E-state index in [1.807, 2.05) is 48.5 Å². The van der Waals surface area contributed by atoms with Crippen molar-refractivity contribution < 1.29 is 19.1 Å². The third-order valence-electron chi connectivity index (χ3n) is 20.9. The zero-order chi connectivity index (χ0) is 71.1. The van der Waals surface area contributed by atoms with E-state index < -0.39 is 22.8 Å². The molecule has 0 amide bonds. The summed E-state index contributed by atoms with van der Waals surface area (Å²) in [5.74, 6) is -0.863. The van der Waals surface area contributed by atoms with Crippen LogP contribution in [0.1, 0.15) is 218 Å². The quantitative estimate of drug-likeness (QED) is 0.0362. The van der Waals surface area contributed by atoms with E-state index in [2.05, 4.69) is 248 Å². The number of fused-ring (bicyclic) bond motifs is 10. The number of carbonyl (C=O) groups excluding carboxylic acids is 2. The fraction of sp³-hybridized carbons (Fsp3) is 0.311. The number of benzene rings is 8. The van der Waals surface area contributed by atoms with Gasteiger partial charge < -0.3 is 9.47 Å². The molecular formula is C90H88Br4O4S4. The predicted molar refractivity (Wildman–Crippen MR) is 450 cm³/mol. The molecule has 4 aromatic heterocycles. The lowest BCUT2D eigenvalue weighted by molar-refractivity contribution is 0.0594. The van der Waals surface area contributed by atoms with Gasteiger partial charge in [0.1, 0.15) is 0 Å². The molecule has 0 aliphatic heterocycles. The van der Waals surface area contributed by atoms with Crippen LogP contribution in [0.15, 0.2) is 200 Å². The Balaban J connectivity index is 0.000000257. The summed E-state index contributed by atoms with van der Waals surface area (Å²) in [5.41, 5.74) is 21.4. The molecule has 4 nitrogen and oxygen atoms in total. The van der Waals surface area contributed by atoms with Gasteiger partial charge in [0, 0.05) is 38.8 Å². The summed E-state index contributed by atoms with van der Waals surface area (Å²) in [6, 6.07) is 69.4. The first kappa shape index (κ1) is 74.2. The maximum Gasteiger partial charge on any atom is 0.340 e. The summed E-state index contributed by atoms with van der Waals surface area (Å²) in [5, 5.41) is 0. The first-order valence-electron chi connectivity index (χ1n) is 36.7. The maximum absolute atomic E-state index is 12.8. The second-order valence-corrected chi connectivity index (χ2v) is 35.2. The number of carbonyl (C=O) groups is 2. The normalized spacial score (nSPS) is 13.0. The minimum Gasteiger partial charge on any atom is -0.465 e. The number of unbranched alkanes of at least 4 members (excludes halogenated alkanes) is 12. The van der Waals surface area contributed by atoms with E-state index in [0.29, 0.717) is 11.1 Å². The van der Waals surface area contributed by atoms with Crippen molar-refractivity contribution in [3.8, 4) is 41.8 Å². The molecule has 102 heavy (non-hydrogen) atoms. The maximum atomic E-state index is 12.8. The molecule has 0 atom stereocenters. The van der Waals surface area contributed by atoms with Crippen LogP contribution < -0.4 is 0 Å². The average Bonchev–Trinajstić information content (AvgIpc) is 1.49. The average molecular weight is 1680 g/mol. The standard InChI is InChI=1S/C68H74Br2S2.C22H14Br2O4S2/c1-5-9-13-17-21-47-25-33-51(34-26-47)67(52-35-27-48(28-36-52)22-18-14-10-6-2)59-45-55(69)41-43-57(59)63-61(67)65-66(71-63)62-64(72-65)58-44-42-56(70)46-60(58)68(62,53-37-29-49(30-38-53)23-19-15-11-7-3)54-39-31-50(32-40-54)24-20-16-12-8-4;1-27-21(25)15-17(11-3-7-13(23)8-4-11)29-20-16(22(26)28-2)18(30-19(15)20)12-5-9-14(24)10-6-12/h25-46H,5-24H2,1-4H3;3-10H,1-2H3. The lowest BCUT2D eigenvalue weighted by Crippen LogP contribution is -2.29. The molecule has 12 heteroatoms. The molecule has 4 heterocycles. The Morgan fingerprint density at radius 1 is 0.324 bits per heavy atom. The molecule has 524 valence electrons. The summed E-state index contributed by atoms with van der Waals surface area (Å²) in [6.45, 7) is 9.23. The third kappa shape index (κ3) is 14.6. The van der Waals surface area contributed by atoms with Crippen LogP contribution in [0.4, 0.5) is 0 Å². The number of halogens is 4. The van der Waals surface area contributed by atoms with Gasteiger partial charge in [0.25, 0.3) is 0 Å². The van der Waals surface area contributed by atoms with E-state index in [9.17, 15) is 9.59 Å². The highest BCUT2D eigenvalue weighted by molar-refractivity contribution is 9.11. The molecule has 0 unspecified atom stereocenters. The molecule has 2 aliphatic carbocycles. The molecule has 14 rings (SSSR count). The van der Waals surface area contributed by atoms with Crippen LogP contribution in [-0.2, 0) is 46.0 Å². The zero-order valence-electron chi connectivity index (χ0n) is 59.2. The van der Waals surface area contributed by atoms with Crippen molar-refractivity contribution in [1.82, 2.24) is 0 Å². The van der Waals surface area contributed by atoms with E-state index in [1.54, 1.807) is 0 Å². The van der Waals surface area contributed by atoms with Crippen LogP contribution in [0.5, 0.6) is 0 Å². The van der Waals surface area contributed by atoms with Crippen LogP contribution >= 0.6 is 109 Å². The van der Waals surface area contributed by atoms with Crippen molar-refractivity contribution in [2.24, 2.45) is 0 Å². The molecule has 8 aromatic carbocycles. The monoisotopic (exact) mass is 1680 g/mol. The molecule has 0 saturated carbocycles. The summed E-state index contributed by atoms with van der Waals surface area (Å²) in [6.07, 6.45) is 24.9. The Morgan fingerprint density at radius 3 is 0.873 bits per heavy atom. The number of hydrogen-bond donors (Lipinski definition) is 0. The molecule has 2 aliphatic rings. The summed E-state index contributed by atoms with van der Waals surface area (Å²) in [7, 11) is 2.73. The zero-order valence-corrected chi connectivity index (χ0v) is 68.9. The van der Waals surface area contributed by atoms with Gasteiger partial charge in [-0.05, 0) is 178 Å². The van der Waals surface area contributed by atoms with Gasteiger partial charge in [-0.15, -0.1) is 45.3 Å². The van der Waals surface area contributed by atoms with Crippen molar-refractivity contribution in [3.63, 3.8) is 0 Å². The number of ether oxygens (including phenoxy) is 2.